The van der Waals surface area contributed by atoms with E-state index in [0.29, 0.717) is 8.95 Å². The Morgan fingerprint density at radius 1 is 0.595 bits per heavy atom. The van der Waals surface area contributed by atoms with E-state index in [-0.39, 0.29) is 10.6 Å². The monoisotopic (exact) mass is 609 g/mol. The van der Waals surface area contributed by atoms with Crippen LogP contribution in [-0.4, -0.2) is 14.1 Å². The number of nitro groups is 1. The lowest BCUT2D eigenvalue weighted by Gasteiger charge is -2.13. The number of hydrogen-bond donors (Lipinski definition) is 0. The SMILES string of the molecule is O=[N+]([O-])c1cc(Br)c(-n2c3ccccc3c3c(-n4c5ccccc5c5ccccc54)cccc32)c(Br)c1. The Bertz CT molecular complexity index is 1980. The molecule has 0 N–H and O–H groups in total. The quantitative estimate of drug-likeness (QED) is 0.148. The Labute approximate surface area is 227 Å². The molecule has 2 heterocycles. The highest BCUT2D eigenvalue weighted by molar-refractivity contribution is 9.11. The van der Waals surface area contributed by atoms with Crippen LogP contribution in [0.25, 0.3) is 55.0 Å². The minimum atomic E-state index is -0.383. The molecule has 0 saturated carbocycles. The van der Waals surface area contributed by atoms with E-state index in [1.807, 2.05) is 6.07 Å². The lowest BCUT2D eigenvalue weighted by Crippen LogP contribution is -1.99. The van der Waals surface area contributed by atoms with Gasteiger partial charge in [-0.1, -0.05) is 60.7 Å². The van der Waals surface area contributed by atoms with Crippen LogP contribution in [-0.2, 0) is 0 Å². The molecule has 7 heteroatoms. The number of benzene rings is 5. The average molecular weight is 611 g/mol. The predicted octanol–water partition coefficient (Wildman–Crippen LogP) is 9.31. The van der Waals surface area contributed by atoms with Crippen molar-refractivity contribution in [1.29, 1.82) is 0 Å². The van der Waals surface area contributed by atoms with Crippen LogP contribution in [0, 0.1) is 10.1 Å². The zero-order chi connectivity index (χ0) is 25.3. The number of nitrogens with zero attached hydrogens (tertiary/aromatic N) is 3. The summed E-state index contributed by atoms with van der Waals surface area (Å²) in [5, 5.41) is 16.1. The summed E-state index contributed by atoms with van der Waals surface area (Å²) in [6.07, 6.45) is 0. The normalized spacial score (nSPS) is 11.7. The lowest BCUT2D eigenvalue weighted by atomic mass is 10.1. The van der Waals surface area contributed by atoms with Gasteiger partial charge >= 0.3 is 0 Å². The van der Waals surface area contributed by atoms with Gasteiger partial charge in [0, 0.05) is 42.6 Å². The summed E-state index contributed by atoms with van der Waals surface area (Å²) in [5.74, 6) is 0. The van der Waals surface area contributed by atoms with Gasteiger partial charge in [-0.05, 0) is 62.2 Å². The van der Waals surface area contributed by atoms with Crippen LogP contribution in [0.1, 0.15) is 0 Å². The van der Waals surface area contributed by atoms with E-state index in [9.17, 15) is 10.1 Å². The molecular weight excluding hydrogens is 594 g/mol. The Morgan fingerprint density at radius 2 is 1.08 bits per heavy atom. The van der Waals surface area contributed by atoms with Crippen LogP contribution < -0.4 is 0 Å². The highest BCUT2D eigenvalue weighted by atomic mass is 79.9. The van der Waals surface area contributed by atoms with Crippen molar-refractivity contribution in [3.05, 3.63) is 122 Å². The van der Waals surface area contributed by atoms with Crippen molar-refractivity contribution >= 4 is 81.2 Å². The molecule has 178 valence electrons. The molecule has 0 atom stereocenters. The molecule has 5 aromatic carbocycles. The average Bonchev–Trinajstić information content (AvgIpc) is 3.42. The fourth-order valence-corrected chi connectivity index (χ4v) is 7.00. The maximum absolute atomic E-state index is 11.5. The Hall–Kier alpha value is -3.94. The van der Waals surface area contributed by atoms with Gasteiger partial charge in [0.1, 0.15) is 0 Å². The van der Waals surface area contributed by atoms with Crippen LogP contribution in [0.15, 0.2) is 112 Å². The Kier molecular flexibility index (Phi) is 4.99. The largest absolute Gasteiger partial charge is 0.309 e. The van der Waals surface area contributed by atoms with Crippen molar-refractivity contribution in [1.82, 2.24) is 9.13 Å². The van der Waals surface area contributed by atoms with Gasteiger partial charge < -0.3 is 9.13 Å². The number of non-ortho nitro benzene ring substituents is 1. The molecule has 0 unspecified atom stereocenters. The van der Waals surface area contributed by atoms with Gasteiger partial charge in [-0.15, -0.1) is 0 Å². The van der Waals surface area contributed by atoms with Crippen LogP contribution in [0.3, 0.4) is 0 Å². The summed E-state index contributed by atoms with van der Waals surface area (Å²) >= 11 is 7.24. The van der Waals surface area contributed by atoms with Gasteiger partial charge in [0.15, 0.2) is 0 Å². The molecule has 0 aliphatic heterocycles. The second-order valence-electron chi connectivity index (χ2n) is 8.91. The topological polar surface area (TPSA) is 53.0 Å². The number of aromatic nitrogens is 2. The second kappa shape index (κ2) is 8.30. The third-order valence-electron chi connectivity index (χ3n) is 6.93. The number of rotatable bonds is 3. The van der Waals surface area contributed by atoms with E-state index in [0.717, 1.165) is 44.2 Å². The van der Waals surface area contributed by atoms with E-state index >= 15 is 0 Å². The third kappa shape index (κ3) is 3.21. The van der Waals surface area contributed by atoms with E-state index < -0.39 is 0 Å². The fraction of sp³-hybridized carbons (Fsp3) is 0. The first-order valence-corrected chi connectivity index (χ1v) is 13.3. The number of para-hydroxylation sites is 3. The lowest BCUT2D eigenvalue weighted by molar-refractivity contribution is -0.385. The van der Waals surface area contributed by atoms with Crippen molar-refractivity contribution in [3.63, 3.8) is 0 Å². The Morgan fingerprint density at radius 3 is 1.65 bits per heavy atom. The smallest absolute Gasteiger partial charge is 0.271 e. The molecule has 0 aliphatic rings. The van der Waals surface area contributed by atoms with Crippen LogP contribution in [0.2, 0.25) is 0 Å². The molecule has 0 fully saturated rings. The molecule has 0 saturated heterocycles. The van der Waals surface area contributed by atoms with Crippen molar-refractivity contribution in [3.8, 4) is 11.4 Å². The third-order valence-corrected chi connectivity index (χ3v) is 8.14. The maximum Gasteiger partial charge on any atom is 0.271 e. The number of nitro benzene ring substituents is 1. The summed E-state index contributed by atoms with van der Waals surface area (Å²) in [7, 11) is 0. The number of halogens is 2. The van der Waals surface area contributed by atoms with Crippen molar-refractivity contribution in [2.45, 2.75) is 0 Å². The fourth-order valence-electron chi connectivity index (χ4n) is 5.48. The van der Waals surface area contributed by atoms with Crippen LogP contribution in [0.4, 0.5) is 5.69 Å². The van der Waals surface area contributed by atoms with Crippen LogP contribution >= 0.6 is 31.9 Å². The standard InChI is InChI=1S/C30H17Br2N3O2/c31-22-16-18(35(36)37)17-23(32)30(22)34-26-13-6-3-10-21(26)29-27(14-7-15-28(29)34)33-24-11-4-1-8-19(24)20-9-2-5-12-25(20)33/h1-17H. The summed E-state index contributed by atoms with van der Waals surface area (Å²) in [6, 6.07) is 34.7. The van der Waals surface area contributed by atoms with Gasteiger partial charge in [0.25, 0.3) is 5.69 Å². The first-order valence-electron chi connectivity index (χ1n) is 11.7. The first kappa shape index (κ1) is 22.3. The Balaban J connectivity index is 1.65. The van der Waals surface area contributed by atoms with Gasteiger partial charge in [0.05, 0.1) is 38.4 Å². The van der Waals surface area contributed by atoms with Gasteiger partial charge in [-0.25, -0.2) is 0 Å². The summed E-state index contributed by atoms with van der Waals surface area (Å²) in [5.41, 5.74) is 6.23. The van der Waals surface area contributed by atoms with E-state index in [1.165, 1.54) is 10.8 Å². The summed E-state index contributed by atoms with van der Waals surface area (Å²) in [4.78, 5) is 11.1. The first-order chi connectivity index (χ1) is 18.0. The zero-order valence-corrected chi connectivity index (χ0v) is 22.4. The van der Waals surface area contributed by atoms with Crippen LogP contribution in [0.5, 0.6) is 0 Å². The minimum absolute atomic E-state index is 0.0224. The van der Waals surface area contributed by atoms with Gasteiger partial charge in [-0.3, -0.25) is 10.1 Å². The molecule has 0 spiro atoms. The highest BCUT2D eigenvalue weighted by Gasteiger charge is 2.22. The molecule has 7 aromatic rings. The van der Waals surface area contributed by atoms with E-state index in [1.54, 1.807) is 12.1 Å². The molecule has 0 amide bonds. The van der Waals surface area contributed by atoms with E-state index in [2.05, 4.69) is 126 Å². The van der Waals surface area contributed by atoms with Gasteiger partial charge in [0.2, 0.25) is 0 Å². The van der Waals surface area contributed by atoms with Crippen molar-refractivity contribution in [2.24, 2.45) is 0 Å². The molecule has 7 rings (SSSR count). The molecule has 0 radical (unpaired) electrons. The highest BCUT2D eigenvalue weighted by Crippen LogP contribution is 2.43. The molecule has 0 bridgehead atoms. The second-order valence-corrected chi connectivity index (χ2v) is 10.6. The summed E-state index contributed by atoms with van der Waals surface area (Å²) in [6.45, 7) is 0. The van der Waals surface area contributed by atoms with E-state index in [4.69, 9.17) is 0 Å². The predicted molar refractivity (Wildman–Crippen MR) is 157 cm³/mol. The number of hydrogen-bond acceptors (Lipinski definition) is 2. The maximum atomic E-state index is 11.5. The molecule has 37 heavy (non-hydrogen) atoms. The number of fused-ring (bicyclic) bond motifs is 6. The van der Waals surface area contributed by atoms with Crippen molar-refractivity contribution in [2.75, 3.05) is 0 Å². The summed E-state index contributed by atoms with van der Waals surface area (Å²) < 4.78 is 5.78. The van der Waals surface area contributed by atoms with Crippen molar-refractivity contribution < 1.29 is 4.92 Å². The molecule has 0 aliphatic carbocycles. The minimum Gasteiger partial charge on any atom is -0.309 e. The van der Waals surface area contributed by atoms with Gasteiger partial charge in [-0.2, -0.15) is 0 Å². The molecular formula is C30H17Br2N3O2. The molecule has 5 nitrogen and oxygen atoms in total. The molecule has 2 aromatic heterocycles. The zero-order valence-electron chi connectivity index (χ0n) is 19.2.